The van der Waals surface area contributed by atoms with E-state index in [0.29, 0.717) is 23.4 Å². The van der Waals surface area contributed by atoms with Crippen molar-refractivity contribution in [2.24, 2.45) is 0 Å². The summed E-state index contributed by atoms with van der Waals surface area (Å²) in [5.74, 6) is -3.97. The van der Waals surface area contributed by atoms with Crippen molar-refractivity contribution in [3.8, 4) is 6.07 Å². The monoisotopic (exact) mass is 437 g/mol. The van der Waals surface area contributed by atoms with Crippen molar-refractivity contribution in [3.05, 3.63) is 59.7 Å². The normalized spacial score (nSPS) is 11.9. The third-order valence-electron chi connectivity index (χ3n) is 3.78. The molecule has 0 radical (unpaired) electrons. The second-order valence-electron chi connectivity index (χ2n) is 6.03. The number of carbonyl (C=O) groups is 2. The highest BCUT2D eigenvalue weighted by Crippen LogP contribution is 2.14. The maximum absolute atomic E-state index is 13.2. The molecule has 1 amide bonds. The number of ether oxygens (including phenoxy) is 1. The van der Waals surface area contributed by atoms with Gasteiger partial charge in [-0.2, -0.15) is 5.26 Å². The lowest BCUT2D eigenvalue weighted by molar-refractivity contribution is -0.152. The summed E-state index contributed by atoms with van der Waals surface area (Å²) in [6, 6.07) is 10.0. The van der Waals surface area contributed by atoms with Crippen LogP contribution in [-0.4, -0.2) is 32.9 Å². The lowest BCUT2D eigenvalue weighted by Crippen LogP contribution is -2.32. The number of hydrogen-bond donors (Lipinski definition) is 2. The minimum absolute atomic E-state index is 0.371. The van der Waals surface area contributed by atoms with E-state index in [0.717, 1.165) is 6.07 Å². The van der Waals surface area contributed by atoms with Gasteiger partial charge in [-0.25, -0.2) is 21.9 Å². The summed E-state index contributed by atoms with van der Waals surface area (Å²) in [5.41, 5.74) is 0.819. The molecule has 0 saturated carbocycles. The molecule has 0 spiro atoms. The highest BCUT2D eigenvalue weighted by atomic mass is 32.2. The Bertz CT molecular complexity index is 1080. The Labute approximate surface area is 171 Å². The van der Waals surface area contributed by atoms with Crippen LogP contribution >= 0.6 is 0 Å². The van der Waals surface area contributed by atoms with Crippen molar-refractivity contribution in [3.63, 3.8) is 0 Å². The van der Waals surface area contributed by atoms with Crippen LogP contribution < -0.4 is 10.0 Å². The molecule has 2 N–H and O–H groups in total. The summed E-state index contributed by atoms with van der Waals surface area (Å²) < 4.78 is 57.1. The van der Waals surface area contributed by atoms with Gasteiger partial charge in [-0.15, -0.1) is 0 Å². The number of sulfonamides is 1. The van der Waals surface area contributed by atoms with Gasteiger partial charge in [-0.3, -0.25) is 9.59 Å². The average molecular weight is 437 g/mol. The first-order valence-corrected chi connectivity index (χ1v) is 10.1. The third-order valence-corrected chi connectivity index (χ3v) is 5.24. The van der Waals surface area contributed by atoms with Gasteiger partial charge in [0.25, 0.3) is 5.91 Å². The molecule has 1 atom stereocenters. The Kier molecular flexibility index (Phi) is 7.57. The Balaban J connectivity index is 1.82. The van der Waals surface area contributed by atoms with Crippen LogP contribution in [0.2, 0.25) is 0 Å². The maximum atomic E-state index is 13.2. The van der Waals surface area contributed by atoms with E-state index in [4.69, 9.17) is 10.00 Å². The Morgan fingerprint density at radius 1 is 1.13 bits per heavy atom. The number of nitrogens with zero attached hydrogens (tertiary/aromatic N) is 1. The zero-order valence-corrected chi connectivity index (χ0v) is 16.5. The third kappa shape index (κ3) is 6.33. The first-order chi connectivity index (χ1) is 14.1. The van der Waals surface area contributed by atoms with Crippen molar-refractivity contribution in [1.82, 2.24) is 4.72 Å². The van der Waals surface area contributed by atoms with Crippen LogP contribution in [0.4, 0.5) is 14.5 Å². The van der Waals surface area contributed by atoms with Crippen LogP contribution in [0.5, 0.6) is 0 Å². The first kappa shape index (κ1) is 22.9. The van der Waals surface area contributed by atoms with Crippen LogP contribution in [0.15, 0.2) is 47.4 Å². The molecule has 2 rings (SSSR count). The number of hydrogen-bond acceptors (Lipinski definition) is 6. The van der Waals surface area contributed by atoms with Crippen LogP contribution in [-0.2, 0) is 24.3 Å². The maximum Gasteiger partial charge on any atom is 0.307 e. The summed E-state index contributed by atoms with van der Waals surface area (Å²) >= 11 is 0. The number of benzene rings is 2. The molecule has 0 fully saturated rings. The molecule has 2 aromatic carbocycles. The van der Waals surface area contributed by atoms with Gasteiger partial charge in [0.2, 0.25) is 10.0 Å². The van der Waals surface area contributed by atoms with E-state index >= 15 is 0 Å². The molecule has 0 aliphatic heterocycles. The number of carbonyl (C=O) groups excluding carboxylic acids is 2. The van der Waals surface area contributed by atoms with Crippen molar-refractivity contribution in [1.29, 1.82) is 5.26 Å². The van der Waals surface area contributed by atoms with Gasteiger partial charge < -0.3 is 10.1 Å². The predicted octanol–water partition coefficient (Wildman–Crippen LogP) is 2.08. The summed E-state index contributed by atoms with van der Waals surface area (Å²) in [6.07, 6.45) is -1.55. The van der Waals surface area contributed by atoms with Gasteiger partial charge in [0.1, 0.15) is 0 Å². The largest absolute Gasteiger partial charge is 0.452 e. The van der Waals surface area contributed by atoms with Crippen LogP contribution in [0.1, 0.15) is 18.9 Å². The van der Waals surface area contributed by atoms with Crippen molar-refractivity contribution in [2.75, 3.05) is 11.9 Å². The minimum atomic E-state index is -4.15. The number of nitrogens with one attached hydrogen (secondary N) is 2. The number of esters is 1. The van der Waals surface area contributed by atoms with Gasteiger partial charge in [-0.1, -0.05) is 0 Å². The molecule has 0 aliphatic carbocycles. The number of amides is 1. The van der Waals surface area contributed by atoms with E-state index in [-0.39, 0.29) is 6.54 Å². The lowest BCUT2D eigenvalue weighted by Gasteiger charge is -2.14. The second-order valence-corrected chi connectivity index (χ2v) is 7.80. The van der Waals surface area contributed by atoms with Gasteiger partial charge in [0, 0.05) is 12.2 Å². The minimum Gasteiger partial charge on any atom is -0.452 e. The van der Waals surface area contributed by atoms with Gasteiger partial charge in [-0.05, 0) is 49.4 Å². The van der Waals surface area contributed by atoms with Gasteiger partial charge in [0.05, 0.1) is 22.9 Å². The van der Waals surface area contributed by atoms with Gasteiger partial charge >= 0.3 is 5.97 Å². The van der Waals surface area contributed by atoms with Crippen molar-refractivity contribution >= 4 is 27.6 Å². The topological polar surface area (TPSA) is 125 Å². The fourth-order valence-electron chi connectivity index (χ4n) is 2.20. The highest BCUT2D eigenvalue weighted by Gasteiger charge is 2.20. The summed E-state index contributed by atoms with van der Waals surface area (Å²) in [7, 11) is -4.15. The lowest BCUT2D eigenvalue weighted by atomic mass is 10.2. The van der Waals surface area contributed by atoms with Crippen LogP contribution in [0, 0.1) is 23.0 Å². The number of anilines is 1. The second kappa shape index (κ2) is 9.91. The molecule has 0 bridgehead atoms. The first-order valence-electron chi connectivity index (χ1n) is 8.57. The van der Waals surface area contributed by atoms with E-state index in [9.17, 15) is 26.8 Å². The number of rotatable bonds is 8. The molecule has 158 valence electrons. The number of nitriles is 1. The molecule has 0 saturated heterocycles. The van der Waals surface area contributed by atoms with E-state index in [1.165, 1.54) is 31.2 Å². The Morgan fingerprint density at radius 3 is 2.40 bits per heavy atom. The fraction of sp³-hybridized carbons (Fsp3) is 0.211. The highest BCUT2D eigenvalue weighted by molar-refractivity contribution is 7.89. The zero-order chi connectivity index (χ0) is 22.3. The Hall–Kier alpha value is -3.36. The summed E-state index contributed by atoms with van der Waals surface area (Å²) in [4.78, 5) is 23.4. The van der Waals surface area contributed by atoms with E-state index in [2.05, 4.69) is 10.0 Å². The van der Waals surface area contributed by atoms with E-state index < -0.39 is 51.0 Å². The smallest absolute Gasteiger partial charge is 0.307 e. The van der Waals surface area contributed by atoms with E-state index in [1.807, 2.05) is 6.07 Å². The molecule has 11 heteroatoms. The molecular formula is C19H17F2N3O5S. The standard InChI is InChI=1S/C19H17F2N3O5S/c1-12(19(26)24-14-4-2-13(11-22)3-5-14)29-18(25)8-9-23-30(27,28)15-6-7-16(20)17(21)10-15/h2-7,10,12,23H,8-9H2,1H3,(H,24,26). The summed E-state index contributed by atoms with van der Waals surface area (Å²) in [6.45, 7) is 0.965. The zero-order valence-electron chi connectivity index (χ0n) is 15.7. The molecule has 0 aliphatic rings. The quantitative estimate of drug-likeness (QED) is 0.609. The molecule has 30 heavy (non-hydrogen) atoms. The molecule has 1 unspecified atom stereocenters. The predicted molar refractivity (Wildman–Crippen MR) is 102 cm³/mol. The molecular weight excluding hydrogens is 420 g/mol. The fourth-order valence-corrected chi connectivity index (χ4v) is 3.24. The molecule has 8 nitrogen and oxygen atoms in total. The Morgan fingerprint density at radius 2 is 1.80 bits per heavy atom. The van der Waals surface area contributed by atoms with Crippen molar-refractivity contribution < 1.29 is 31.5 Å². The van der Waals surface area contributed by atoms with E-state index in [1.54, 1.807) is 0 Å². The van der Waals surface area contributed by atoms with Gasteiger partial charge in [0.15, 0.2) is 17.7 Å². The molecule has 2 aromatic rings. The molecule has 0 aromatic heterocycles. The summed E-state index contributed by atoms with van der Waals surface area (Å²) in [5, 5.41) is 11.2. The SMILES string of the molecule is CC(OC(=O)CCNS(=O)(=O)c1ccc(F)c(F)c1)C(=O)Nc1ccc(C#N)cc1. The average Bonchev–Trinajstić information content (AvgIpc) is 2.70. The number of halogens is 2. The van der Waals surface area contributed by atoms with Crippen LogP contribution in [0.3, 0.4) is 0 Å². The van der Waals surface area contributed by atoms with Crippen molar-refractivity contribution in [2.45, 2.75) is 24.3 Å². The molecule has 0 heterocycles. The van der Waals surface area contributed by atoms with Crippen LogP contribution in [0.25, 0.3) is 0 Å².